The SMILES string of the molecule is C=C(/C=C\[CH]=[Ni])CNc1cc(N(I)[C@@H](CCC)CCO)nc2c(CC)cnn12. The molecule has 0 aromatic carbocycles. The molecule has 0 unspecified atom stereocenters. The third-order valence-electron chi connectivity index (χ3n) is 4.43. The maximum atomic E-state index is 9.45. The molecule has 2 N–H and O–H groups in total. The molecule has 2 aromatic heterocycles. The topological polar surface area (TPSA) is 65.7 Å². The van der Waals surface area contributed by atoms with Crippen molar-refractivity contribution in [2.45, 2.75) is 45.6 Å². The number of fused-ring (bicyclic) bond motifs is 1. The van der Waals surface area contributed by atoms with E-state index in [2.05, 4.69) is 71.9 Å². The van der Waals surface area contributed by atoms with Crippen LogP contribution >= 0.6 is 22.9 Å². The first-order chi connectivity index (χ1) is 13.5. The molecule has 0 aliphatic carbocycles. The number of hydrogen-bond acceptors (Lipinski definition) is 5. The average molecular weight is 540 g/mol. The Morgan fingerprint density at radius 1 is 1.46 bits per heavy atom. The number of halogens is 1. The molecule has 28 heavy (non-hydrogen) atoms. The normalized spacial score (nSPS) is 12.5. The van der Waals surface area contributed by atoms with E-state index in [1.807, 2.05) is 28.9 Å². The van der Waals surface area contributed by atoms with E-state index in [9.17, 15) is 5.11 Å². The minimum atomic E-state index is 0.164. The molecule has 0 aliphatic rings. The van der Waals surface area contributed by atoms with Gasteiger partial charge in [0, 0.05) is 6.61 Å². The van der Waals surface area contributed by atoms with Gasteiger partial charge in [0.05, 0.1) is 0 Å². The molecule has 0 radical (unpaired) electrons. The first-order valence-corrected chi connectivity index (χ1v) is 11.0. The first-order valence-electron chi connectivity index (χ1n) is 9.47. The van der Waals surface area contributed by atoms with Crippen LogP contribution in [0.15, 0.2) is 36.6 Å². The van der Waals surface area contributed by atoms with Gasteiger partial charge in [-0.15, -0.1) is 0 Å². The van der Waals surface area contributed by atoms with Gasteiger partial charge in [-0.2, -0.15) is 0 Å². The zero-order valence-corrected chi connectivity index (χ0v) is 19.5. The fraction of sp³-hybridized carbons (Fsp3) is 0.450. The van der Waals surface area contributed by atoms with Crippen LogP contribution < -0.4 is 8.43 Å². The number of rotatable bonds is 12. The summed E-state index contributed by atoms with van der Waals surface area (Å²) in [6, 6.07) is 2.23. The van der Waals surface area contributed by atoms with Crippen LogP contribution in [0, 0.1) is 0 Å². The Balaban J connectivity index is 2.39. The predicted octanol–water partition coefficient (Wildman–Crippen LogP) is 3.87. The van der Waals surface area contributed by atoms with Crippen LogP contribution in [-0.4, -0.2) is 43.9 Å². The number of nitrogens with one attached hydrogen (secondary N) is 1. The van der Waals surface area contributed by atoms with Crippen molar-refractivity contribution in [2.24, 2.45) is 0 Å². The van der Waals surface area contributed by atoms with E-state index in [0.717, 1.165) is 47.7 Å². The van der Waals surface area contributed by atoms with E-state index in [4.69, 9.17) is 4.98 Å². The van der Waals surface area contributed by atoms with E-state index in [1.54, 1.807) is 4.99 Å². The molecule has 1 atom stereocenters. The standard InChI is InChI=1S/C20H28IN5O.Ni/c1-5-8-15(4)13-22-18-12-19(25(21)17(9-6-2)10-11-27)24-20-16(7-3)14-23-26(18)20;/h1,5,8,12,14,17,22,27H,4,6-7,9-11,13H2,2-3H3;/b8-5-;/t17-;/m0./s1. The van der Waals surface area contributed by atoms with Crippen LogP contribution in [0.4, 0.5) is 11.6 Å². The Hall–Kier alpha value is -1.25. The fourth-order valence-electron chi connectivity index (χ4n) is 2.95. The molecule has 2 heterocycles. The summed E-state index contributed by atoms with van der Waals surface area (Å²) in [6.07, 6.45) is 9.22. The number of allylic oxidation sites excluding steroid dienone is 1. The Kier molecular flexibility index (Phi) is 9.61. The summed E-state index contributed by atoms with van der Waals surface area (Å²) in [4.78, 5) is 6.48. The number of aliphatic hydroxyl groups excluding tert-OH is 1. The Morgan fingerprint density at radius 3 is 2.89 bits per heavy atom. The molecule has 0 saturated heterocycles. The van der Waals surface area contributed by atoms with Crippen LogP contribution in [-0.2, 0) is 21.5 Å². The Labute approximate surface area is 188 Å². The third kappa shape index (κ3) is 5.88. The fourth-order valence-corrected chi connectivity index (χ4v) is 3.85. The molecule has 0 spiro atoms. The number of aromatic nitrogens is 3. The third-order valence-corrected chi connectivity index (χ3v) is 5.90. The summed E-state index contributed by atoms with van der Waals surface area (Å²) in [6.45, 7) is 9.05. The second-order valence-electron chi connectivity index (χ2n) is 6.50. The number of aliphatic hydroxyl groups is 1. The van der Waals surface area contributed by atoms with Gasteiger partial charge in [0.15, 0.2) is 0 Å². The van der Waals surface area contributed by atoms with Crippen molar-refractivity contribution in [3.05, 3.63) is 42.1 Å². The van der Waals surface area contributed by atoms with Crippen LogP contribution in [0.1, 0.15) is 38.7 Å². The average Bonchev–Trinajstić information content (AvgIpc) is 3.12. The van der Waals surface area contributed by atoms with Gasteiger partial charge in [-0.05, 0) is 0 Å². The second-order valence-corrected chi connectivity index (χ2v) is 7.87. The molecule has 2 rings (SSSR count). The van der Waals surface area contributed by atoms with Crippen molar-refractivity contribution in [3.63, 3.8) is 0 Å². The van der Waals surface area contributed by atoms with Crippen molar-refractivity contribution in [2.75, 3.05) is 21.6 Å². The van der Waals surface area contributed by atoms with Crippen LogP contribution in [0.25, 0.3) is 5.65 Å². The molecule has 156 valence electrons. The van der Waals surface area contributed by atoms with Gasteiger partial charge < -0.3 is 5.11 Å². The van der Waals surface area contributed by atoms with Crippen molar-refractivity contribution >= 4 is 45.1 Å². The minimum absolute atomic E-state index is 0.164. The second kappa shape index (κ2) is 11.7. The number of hydrogen-bond donors (Lipinski definition) is 2. The summed E-state index contributed by atoms with van der Waals surface area (Å²) in [5.41, 5.74) is 2.88. The van der Waals surface area contributed by atoms with Gasteiger partial charge in [0.25, 0.3) is 0 Å². The quantitative estimate of drug-likeness (QED) is 0.185. The molecule has 6 nitrogen and oxygen atoms in total. The molecule has 0 saturated carbocycles. The van der Waals surface area contributed by atoms with E-state index in [1.165, 1.54) is 0 Å². The van der Waals surface area contributed by atoms with Gasteiger partial charge >= 0.3 is 164 Å². The van der Waals surface area contributed by atoms with Crippen molar-refractivity contribution in [1.82, 2.24) is 14.6 Å². The molecule has 0 bridgehead atoms. The molecular weight excluding hydrogens is 512 g/mol. The van der Waals surface area contributed by atoms with E-state index < -0.39 is 0 Å². The molecule has 0 amide bonds. The molecule has 0 aliphatic heterocycles. The van der Waals surface area contributed by atoms with Gasteiger partial charge in [-0.25, -0.2) is 0 Å². The van der Waals surface area contributed by atoms with Crippen LogP contribution in [0.3, 0.4) is 0 Å². The van der Waals surface area contributed by atoms with Crippen molar-refractivity contribution < 1.29 is 20.1 Å². The van der Waals surface area contributed by atoms with Gasteiger partial charge in [0.1, 0.15) is 0 Å². The molecule has 8 heteroatoms. The van der Waals surface area contributed by atoms with Crippen molar-refractivity contribution in [3.8, 4) is 0 Å². The molecule has 0 fully saturated rings. The Morgan fingerprint density at radius 2 is 2.25 bits per heavy atom. The zero-order valence-electron chi connectivity index (χ0n) is 16.3. The van der Waals surface area contributed by atoms with Crippen LogP contribution in [0.5, 0.6) is 0 Å². The van der Waals surface area contributed by atoms with E-state index in [-0.39, 0.29) is 12.6 Å². The number of aryl methyl sites for hydroxylation is 1. The van der Waals surface area contributed by atoms with Gasteiger partial charge in [0.2, 0.25) is 0 Å². The zero-order chi connectivity index (χ0) is 20.5. The van der Waals surface area contributed by atoms with Crippen molar-refractivity contribution in [1.29, 1.82) is 0 Å². The summed E-state index contributed by atoms with van der Waals surface area (Å²) in [5.74, 6) is 1.72. The van der Waals surface area contributed by atoms with E-state index in [0.29, 0.717) is 13.0 Å². The summed E-state index contributed by atoms with van der Waals surface area (Å²) >= 11 is 6.84. The number of anilines is 2. The van der Waals surface area contributed by atoms with Gasteiger partial charge in [-0.1, -0.05) is 13.3 Å². The van der Waals surface area contributed by atoms with Gasteiger partial charge in [-0.3, -0.25) is 0 Å². The van der Waals surface area contributed by atoms with E-state index >= 15 is 0 Å². The summed E-state index contributed by atoms with van der Waals surface area (Å²) in [5, 5.41) is 17.4. The number of nitrogens with zero attached hydrogens (tertiary/aromatic N) is 4. The maximum absolute atomic E-state index is 9.45. The summed E-state index contributed by atoms with van der Waals surface area (Å²) < 4.78 is 3.98. The predicted molar refractivity (Wildman–Crippen MR) is 122 cm³/mol. The molecule has 2 aromatic rings. The first kappa shape index (κ1) is 23.0. The summed E-state index contributed by atoms with van der Waals surface area (Å²) in [7, 11) is 0. The Bertz CT molecular complexity index is 829. The monoisotopic (exact) mass is 539 g/mol. The molecular formula is C20H28IN5NiO. The van der Waals surface area contributed by atoms with Crippen LogP contribution in [0.2, 0.25) is 0 Å².